The van der Waals surface area contributed by atoms with Gasteiger partial charge < -0.3 is 10.2 Å². The quantitative estimate of drug-likeness (QED) is 0.923. The number of nitrogens with zero attached hydrogens (tertiary/aromatic N) is 2. The van der Waals surface area contributed by atoms with Gasteiger partial charge in [-0.05, 0) is 51.2 Å². The van der Waals surface area contributed by atoms with E-state index >= 15 is 0 Å². The van der Waals surface area contributed by atoms with Gasteiger partial charge in [0.1, 0.15) is 0 Å². The molecule has 24 heavy (non-hydrogen) atoms. The van der Waals surface area contributed by atoms with Crippen molar-refractivity contribution in [2.24, 2.45) is 11.8 Å². The second kappa shape index (κ2) is 7.32. The van der Waals surface area contributed by atoms with E-state index in [9.17, 15) is 9.59 Å². The standard InChI is InChI=1S/C19H27N3O2/c1-13-6-7-17(12-20-13)14(2)21-18(23)15-8-10-22(11-9-15)19(24)16-4-3-5-16/h6-7,12,14-16H,3-5,8-11H2,1-2H3,(H,21,23). The maximum Gasteiger partial charge on any atom is 0.225 e. The van der Waals surface area contributed by atoms with Crippen LogP contribution in [-0.2, 0) is 9.59 Å². The van der Waals surface area contributed by atoms with Crippen LogP contribution in [0.1, 0.15) is 56.3 Å². The van der Waals surface area contributed by atoms with Crippen LogP contribution in [0.4, 0.5) is 0 Å². The van der Waals surface area contributed by atoms with Crippen LogP contribution in [0.25, 0.3) is 0 Å². The van der Waals surface area contributed by atoms with E-state index in [2.05, 4.69) is 10.3 Å². The van der Waals surface area contributed by atoms with Gasteiger partial charge in [-0.3, -0.25) is 14.6 Å². The smallest absolute Gasteiger partial charge is 0.225 e. The molecule has 0 spiro atoms. The molecule has 2 aliphatic rings. The lowest BCUT2D eigenvalue weighted by Crippen LogP contribution is -2.46. The Morgan fingerprint density at radius 2 is 1.88 bits per heavy atom. The summed E-state index contributed by atoms with van der Waals surface area (Å²) >= 11 is 0. The normalized spacial score (nSPS) is 20.3. The summed E-state index contributed by atoms with van der Waals surface area (Å²) in [4.78, 5) is 31.0. The Kier molecular flexibility index (Phi) is 5.17. The van der Waals surface area contributed by atoms with Crippen molar-refractivity contribution in [3.8, 4) is 0 Å². The molecule has 5 heteroatoms. The molecular formula is C19H27N3O2. The fourth-order valence-electron chi connectivity index (χ4n) is 3.43. The van der Waals surface area contributed by atoms with E-state index in [0.717, 1.165) is 36.9 Å². The molecule has 1 atom stereocenters. The van der Waals surface area contributed by atoms with E-state index in [-0.39, 0.29) is 23.8 Å². The molecule has 0 aromatic carbocycles. The van der Waals surface area contributed by atoms with Crippen LogP contribution in [0, 0.1) is 18.8 Å². The Balaban J connectivity index is 1.48. The Hall–Kier alpha value is -1.91. The third-order valence-corrected chi connectivity index (χ3v) is 5.42. The van der Waals surface area contributed by atoms with Crippen molar-refractivity contribution >= 4 is 11.8 Å². The average molecular weight is 329 g/mol. The van der Waals surface area contributed by atoms with Gasteiger partial charge in [-0.2, -0.15) is 0 Å². The highest BCUT2D eigenvalue weighted by Gasteiger charge is 2.33. The second-order valence-corrected chi connectivity index (χ2v) is 7.19. The first-order valence-electron chi connectivity index (χ1n) is 9.06. The summed E-state index contributed by atoms with van der Waals surface area (Å²) in [6.45, 7) is 5.37. The van der Waals surface area contributed by atoms with E-state index in [1.807, 2.05) is 37.1 Å². The first-order valence-corrected chi connectivity index (χ1v) is 9.06. The van der Waals surface area contributed by atoms with Crippen molar-refractivity contribution in [1.29, 1.82) is 0 Å². The number of rotatable bonds is 4. The van der Waals surface area contributed by atoms with E-state index in [0.29, 0.717) is 19.0 Å². The van der Waals surface area contributed by atoms with Crippen molar-refractivity contribution in [1.82, 2.24) is 15.2 Å². The van der Waals surface area contributed by atoms with Gasteiger partial charge in [-0.1, -0.05) is 12.5 Å². The Morgan fingerprint density at radius 3 is 2.42 bits per heavy atom. The molecule has 1 aliphatic carbocycles. The number of pyridine rings is 1. The zero-order chi connectivity index (χ0) is 17.1. The number of carbonyl (C=O) groups excluding carboxylic acids is 2. The highest BCUT2D eigenvalue weighted by molar-refractivity contribution is 5.81. The zero-order valence-corrected chi connectivity index (χ0v) is 14.6. The largest absolute Gasteiger partial charge is 0.349 e. The first-order chi connectivity index (χ1) is 11.5. The van der Waals surface area contributed by atoms with Gasteiger partial charge in [0.25, 0.3) is 0 Å². The van der Waals surface area contributed by atoms with E-state index in [1.165, 1.54) is 6.42 Å². The highest BCUT2D eigenvalue weighted by Crippen LogP contribution is 2.30. The van der Waals surface area contributed by atoms with Gasteiger partial charge in [-0.15, -0.1) is 0 Å². The number of aryl methyl sites for hydroxylation is 1. The number of hydrogen-bond acceptors (Lipinski definition) is 3. The zero-order valence-electron chi connectivity index (χ0n) is 14.6. The van der Waals surface area contributed by atoms with E-state index in [4.69, 9.17) is 0 Å². The number of hydrogen-bond donors (Lipinski definition) is 1. The Morgan fingerprint density at radius 1 is 1.17 bits per heavy atom. The Labute approximate surface area is 143 Å². The van der Waals surface area contributed by atoms with Gasteiger partial charge in [0.2, 0.25) is 11.8 Å². The third-order valence-electron chi connectivity index (χ3n) is 5.42. The minimum atomic E-state index is -0.0414. The summed E-state index contributed by atoms with van der Waals surface area (Å²) in [7, 11) is 0. The van der Waals surface area contributed by atoms with Crippen LogP contribution in [0.2, 0.25) is 0 Å². The molecule has 1 saturated carbocycles. The van der Waals surface area contributed by atoms with Crippen LogP contribution in [0.3, 0.4) is 0 Å². The number of nitrogens with one attached hydrogen (secondary N) is 1. The fourth-order valence-corrected chi connectivity index (χ4v) is 3.43. The highest BCUT2D eigenvalue weighted by atomic mass is 16.2. The van der Waals surface area contributed by atoms with Crippen molar-refractivity contribution in [3.05, 3.63) is 29.6 Å². The molecule has 3 rings (SSSR count). The molecule has 2 heterocycles. The van der Waals surface area contributed by atoms with Crippen LogP contribution in [0.5, 0.6) is 0 Å². The third kappa shape index (κ3) is 3.77. The molecule has 1 unspecified atom stereocenters. The molecule has 130 valence electrons. The molecular weight excluding hydrogens is 302 g/mol. The fraction of sp³-hybridized carbons (Fsp3) is 0.632. The number of carbonyl (C=O) groups is 2. The lowest BCUT2D eigenvalue weighted by Gasteiger charge is -2.36. The maximum atomic E-state index is 12.5. The second-order valence-electron chi connectivity index (χ2n) is 7.19. The first kappa shape index (κ1) is 16.9. The number of piperidine rings is 1. The summed E-state index contributed by atoms with van der Waals surface area (Å²) in [5.41, 5.74) is 1.99. The molecule has 1 aromatic heterocycles. The molecule has 5 nitrogen and oxygen atoms in total. The van der Waals surface area contributed by atoms with E-state index in [1.54, 1.807) is 0 Å². The van der Waals surface area contributed by atoms with Gasteiger partial charge >= 0.3 is 0 Å². The summed E-state index contributed by atoms with van der Waals surface area (Å²) in [5, 5.41) is 3.09. The molecule has 0 radical (unpaired) electrons. The van der Waals surface area contributed by atoms with Crippen molar-refractivity contribution in [3.63, 3.8) is 0 Å². The SMILES string of the molecule is Cc1ccc(C(C)NC(=O)C2CCN(C(=O)C3CCC3)CC2)cn1. The lowest BCUT2D eigenvalue weighted by molar-refractivity contribution is -0.141. The number of amides is 2. The van der Waals surface area contributed by atoms with Crippen LogP contribution in [-0.4, -0.2) is 34.8 Å². The van der Waals surface area contributed by atoms with Gasteiger partial charge in [0.05, 0.1) is 6.04 Å². The van der Waals surface area contributed by atoms with Crippen LogP contribution >= 0.6 is 0 Å². The van der Waals surface area contributed by atoms with Crippen LogP contribution in [0.15, 0.2) is 18.3 Å². The van der Waals surface area contributed by atoms with Crippen molar-refractivity contribution in [2.45, 2.75) is 52.0 Å². The van der Waals surface area contributed by atoms with Gasteiger partial charge in [0.15, 0.2) is 0 Å². The van der Waals surface area contributed by atoms with Gasteiger partial charge in [0, 0.05) is 36.8 Å². The molecule has 1 N–H and O–H groups in total. The number of likely N-dealkylation sites (tertiary alicyclic amines) is 1. The maximum absolute atomic E-state index is 12.5. The minimum Gasteiger partial charge on any atom is -0.349 e. The molecule has 1 aromatic rings. The van der Waals surface area contributed by atoms with E-state index < -0.39 is 0 Å². The molecule has 1 aliphatic heterocycles. The number of aromatic nitrogens is 1. The minimum absolute atomic E-state index is 0.0105. The summed E-state index contributed by atoms with van der Waals surface area (Å²) in [6, 6.07) is 3.93. The topological polar surface area (TPSA) is 62.3 Å². The summed E-state index contributed by atoms with van der Waals surface area (Å²) in [5.74, 6) is 0.666. The predicted molar refractivity (Wildman–Crippen MR) is 92.2 cm³/mol. The Bertz CT molecular complexity index is 587. The molecule has 0 bridgehead atoms. The summed E-state index contributed by atoms with van der Waals surface area (Å²) < 4.78 is 0. The van der Waals surface area contributed by atoms with Crippen molar-refractivity contribution < 1.29 is 9.59 Å². The van der Waals surface area contributed by atoms with Crippen molar-refractivity contribution in [2.75, 3.05) is 13.1 Å². The molecule has 2 fully saturated rings. The molecule has 1 saturated heterocycles. The average Bonchev–Trinajstić information content (AvgIpc) is 2.54. The monoisotopic (exact) mass is 329 g/mol. The predicted octanol–water partition coefficient (Wildman–Crippen LogP) is 2.61. The lowest BCUT2D eigenvalue weighted by atomic mass is 9.83. The molecule has 2 amide bonds. The van der Waals surface area contributed by atoms with Crippen LogP contribution < -0.4 is 5.32 Å². The van der Waals surface area contributed by atoms with Gasteiger partial charge in [-0.25, -0.2) is 0 Å². The summed E-state index contributed by atoms with van der Waals surface area (Å²) in [6.07, 6.45) is 6.62.